The third-order valence-electron chi connectivity index (χ3n) is 2.50. The van der Waals surface area contributed by atoms with Crippen molar-refractivity contribution in [2.75, 3.05) is 7.05 Å². The van der Waals surface area contributed by atoms with Gasteiger partial charge in [-0.15, -0.1) is 11.3 Å². The van der Waals surface area contributed by atoms with Crippen molar-refractivity contribution in [2.45, 2.75) is 12.2 Å². The molecule has 0 radical (unpaired) electrons. The molecule has 0 spiro atoms. The van der Waals surface area contributed by atoms with Crippen LogP contribution in [0.1, 0.15) is 22.9 Å². The number of hydrogen-bond donors (Lipinski definition) is 1. The van der Waals surface area contributed by atoms with E-state index in [4.69, 9.17) is 0 Å². The van der Waals surface area contributed by atoms with Crippen LogP contribution in [0.15, 0.2) is 29.4 Å². The van der Waals surface area contributed by atoms with Gasteiger partial charge >= 0.3 is 6.18 Å². The number of aromatic nitrogens is 2. The first kappa shape index (κ1) is 13.0. The van der Waals surface area contributed by atoms with Crippen LogP contribution in [-0.2, 0) is 6.18 Å². The molecule has 0 aromatic carbocycles. The van der Waals surface area contributed by atoms with Crippen LogP contribution in [-0.4, -0.2) is 17.0 Å². The van der Waals surface area contributed by atoms with Crippen LogP contribution >= 0.6 is 11.3 Å². The number of rotatable bonds is 3. The van der Waals surface area contributed by atoms with Gasteiger partial charge in [0, 0.05) is 23.3 Å². The van der Waals surface area contributed by atoms with Gasteiger partial charge < -0.3 is 5.32 Å². The Kier molecular flexibility index (Phi) is 3.63. The first-order valence-corrected chi connectivity index (χ1v) is 6.04. The monoisotopic (exact) mass is 273 g/mol. The van der Waals surface area contributed by atoms with E-state index in [-0.39, 0.29) is 5.56 Å². The summed E-state index contributed by atoms with van der Waals surface area (Å²) in [5, 5.41) is 4.55. The predicted molar refractivity (Wildman–Crippen MR) is 62.3 cm³/mol. The van der Waals surface area contributed by atoms with E-state index in [2.05, 4.69) is 15.3 Å². The van der Waals surface area contributed by atoms with Crippen LogP contribution in [0.2, 0.25) is 0 Å². The molecule has 0 bridgehead atoms. The van der Waals surface area contributed by atoms with Gasteiger partial charge in [-0.3, -0.25) is 4.98 Å². The van der Waals surface area contributed by atoms with Crippen molar-refractivity contribution >= 4 is 11.3 Å². The van der Waals surface area contributed by atoms with Gasteiger partial charge in [0.25, 0.3) is 0 Å². The molecule has 2 heterocycles. The van der Waals surface area contributed by atoms with Crippen molar-refractivity contribution in [1.82, 2.24) is 15.3 Å². The molecule has 1 atom stereocenters. The van der Waals surface area contributed by atoms with Gasteiger partial charge in [0.2, 0.25) is 0 Å². The van der Waals surface area contributed by atoms with E-state index in [9.17, 15) is 13.2 Å². The fourth-order valence-electron chi connectivity index (χ4n) is 1.72. The summed E-state index contributed by atoms with van der Waals surface area (Å²) in [4.78, 5) is 7.82. The normalized spacial score (nSPS) is 13.6. The number of nitrogens with zero attached hydrogens (tertiary/aromatic N) is 2. The number of hydrogen-bond acceptors (Lipinski definition) is 4. The molecule has 0 aliphatic carbocycles. The molecule has 3 nitrogen and oxygen atoms in total. The summed E-state index contributed by atoms with van der Waals surface area (Å²) in [6.07, 6.45) is -2.03. The summed E-state index contributed by atoms with van der Waals surface area (Å²) in [6.45, 7) is 0. The quantitative estimate of drug-likeness (QED) is 0.934. The average Bonchev–Trinajstić information content (AvgIpc) is 2.83. The average molecular weight is 273 g/mol. The zero-order valence-corrected chi connectivity index (χ0v) is 10.2. The molecule has 96 valence electrons. The van der Waals surface area contributed by atoms with Crippen LogP contribution in [0.3, 0.4) is 0 Å². The van der Waals surface area contributed by atoms with Crippen molar-refractivity contribution in [1.29, 1.82) is 0 Å². The highest BCUT2D eigenvalue weighted by Crippen LogP contribution is 2.35. The second-order valence-electron chi connectivity index (χ2n) is 3.60. The molecule has 0 saturated carbocycles. The van der Waals surface area contributed by atoms with E-state index in [1.165, 1.54) is 17.5 Å². The van der Waals surface area contributed by atoms with Gasteiger partial charge in [0.05, 0.1) is 22.8 Å². The van der Waals surface area contributed by atoms with Crippen LogP contribution < -0.4 is 5.32 Å². The highest BCUT2D eigenvalue weighted by molar-refractivity contribution is 7.07. The van der Waals surface area contributed by atoms with E-state index < -0.39 is 17.8 Å². The van der Waals surface area contributed by atoms with Crippen molar-refractivity contribution < 1.29 is 13.2 Å². The van der Waals surface area contributed by atoms with Crippen molar-refractivity contribution in [2.24, 2.45) is 0 Å². The molecule has 0 fully saturated rings. The lowest BCUT2D eigenvalue weighted by atomic mass is 10.0. The molecular weight excluding hydrogens is 263 g/mol. The molecule has 0 aliphatic rings. The Bertz CT molecular complexity index is 511. The van der Waals surface area contributed by atoms with Crippen LogP contribution in [0.25, 0.3) is 0 Å². The number of thiazole rings is 1. The molecule has 2 aromatic heterocycles. The lowest BCUT2D eigenvalue weighted by Gasteiger charge is -2.19. The predicted octanol–water partition coefficient (Wildman–Crippen LogP) is 2.87. The summed E-state index contributed by atoms with van der Waals surface area (Å²) in [5.74, 6) is 0. The van der Waals surface area contributed by atoms with Crippen molar-refractivity contribution in [3.05, 3.63) is 46.2 Å². The van der Waals surface area contributed by atoms with E-state index in [0.717, 1.165) is 12.3 Å². The number of alkyl halides is 3. The molecule has 0 amide bonds. The first-order chi connectivity index (χ1) is 8.54. The summed E-state index contributed by atoms with van der Waals surface area (Å²) in [7, 11) is 1.59. The fraction of sp³-hybridized carbons (Fsp3) is 0.273. The van der Waals surface area contributed by atoms with Crippen LogP contribution in [0, 0.1) is 0 Å². The molecular formula is C11H10F3N3S. The highest BCUT2D eigenvalue weighted by Gasteiger charge is 2.35. The molecule has 2 aromatic rings. The summed E-state index contributed by atoms with van der Waals surface area (Å²) >= 11 is 1.34. The molecule has 0 aliphatic heterocycles. The number of nitrogens with one attached hydrogen (secondary N) is 1. The largest absolute Gasteiger partial charge is 0.416 e. The standard InChI is InChI=1S/C11H10F3N3S/c1-15-10(9-5-18-6-17-9)7-4-16-3-2-8(7)11(12,13)14/h2-6,10,15H,1H3. The Morgan fingerprint density at radius 1 is 1.39 bits per heavy atom. The Labute approximate surface area is 106 Å². The van der Waals surface area contributed by atoms with E-state index in [1.807, 2.05) is 0 Å². The molecule has 2 rings (SSSR count). The molecule has 1 N–H and O–H groups in total. The molecule has 1 unspecified atom stereocenters. The number of pyridine rings is 1. The third kappa shape index (κ3) is 2.51. The Morgan fingerprint density at radius 3 is 2.72 bits per heavy atom. The van der Waals surface area contributed by atoms with E-state index in [1.54, 1.807) is 17.9 Å². The fourth-order valence-corrected chi connectivity index (χ4v) is 2.30. The van der Waals surface area contributed by atoms with E-state index >= 15 is 0 Å². The Hall–Kier alpha value is -1.47. The maximum absolute atomic E-state index is 12.9. The lowest BCUT2D eigenvalue weighted by molar-refractivity contribution is -0.138. The third-order valence-corrected chi connectivity index (χ3v) is 3.11. The SMILES string of the molecule is CNC(c1cscn1)c1cnccc1C(F)(F)F. The van der Waals surface area contributed by atoms with Crippen molar-refractivity contribution in [3.8, 4) is 0 Å². The summed E-state index contributed by atoms with van der Waals surface area (Å²) in [6, 6.07) is 0.369. The van der Waals surface area contributed by atoms with Gasteiger partial charge in [-0.05, 0) is 13.1 Å². The summed E-state index contributed by atoms with van der Waals surface area (Å²) < 4.78 is 38.7. The smallest absolute Gasteiger partial charge is 0.308 e. The molecule has 0 saturated heterocycles. The van der Waals surface area contributed by atoms with Gasteiger partial charge in [0.15, 0.2) is 0 Å². The lowest BCUT2D eigenvalue weighted by Crippen LogP contribution is -2.22. The maximum Gasteiger partial charge on any atom is 0.416 e. The second kappa shape index (κ2) is 5.03. The second-order valence-corrected chi connectivity index (χ2v) is 4.31. The van der Waals surface area contributed by atoms with E-state index in [0.29, 0.717) is 5.69 Å². The van der Waals surface area contributed by atoms with Gasteiger partial charge in [-0.1, -0.05) is 0 Å². The Balaban J connectivity index is 2.50. The van der Waals surface area contributed by atoms with Gasteiger partial charge in [-0.2, -0.15) is 13.2 Å². The minimum absolute atomic E-state index is 0.0819. The van der Waals surface area contributed by atoms with Gasteiger partial charge in [-0.25, -0.2) is 4.98 Å². The Morgan fingerprint density at radius 2 is 2.17 bits per heavy atom. The van der Waals surface area contributed by atoms with Crippen LogP contribution in [0.5, 0.6) is 0 Å². The number of halogens is 3. The molecule has 18 heavy (non-hydrogen) atoms. The molecule has 7 heteroatoms. The highest BCUT2D eigenvalue weighted by atomic mass is 32.1. The van der Waals surface area contributed by atoms with Gasteiger partial charge in [0.1, 0.15) is 0 Å². The minimum Gasteiger partial charge on any atom is -0.308 e. The summed E-state index contributed by atoms with van der Waals surface area (Å²) in [5.41, 5.74) is 1.53. The maximum atomic E-state index is 12.9. The topological polar surface area (TPSA) is 37.8 Å². The minimum atomic E-state index is -4.40. The zero-order valence-electron chi connectivity index (χ0n) is 9.40. The zero-order chi connectivity index (χ0) is 13.2. The first-order valence-electron chi connectivity index (χ1n) is 5.10. The van der Waals surface area contributed by atoms with Crippen LogP contribution in [0.4, 0.5) is 13.2 Å². The van der Waals surface area contributed by atoms with Crippen molar-refractivity contribution in [3.63, 3.8) is 0 Å².